The van der Waals surface area contributed by atoms with Crippen molar-refractivity contribution in [2.45, 2.75) is 12.7 Å². The lowest BCUT2D eigenvalue weighted by molar-refractivity contribution is -0.137. The first-order chi connectivity index (χ1) is 8.88. The minimum Gasteiger partial charge on any atom is -0.378 e. The predicted octanol–water partition coefficient (Wildman–Crippen LogP) is 3.70. The van der Waals surface area contributed by atoms with E-state index in [1.54, 1.807) is 17.9 Å². The Kier molecular flexibility index (Phi) is 3.71. The van der Waals surface area contributed by atoms with Crippen LogP contribution in [0.4, 0.5) is 18.9 Å². The molecule has 1 heterocycles. The molecule has 0 atom stereocenters. The van der Waals surface area contributed by atoms with Gasteiger partial charge >= 0.3 is 6.18 Å². The van der Waals surface area contributed by atoms with Crippen LogP contribution in [-0.2, 0) is 19.8 Å². The zero-order valence-corrected chi connectivity index (χ0v) is 10.8. The normalized spacial score (nSPS) is 11.6. The summed E-state index contributed by atoms with van der Waals surface area (Å²) in [5, 5.41) is 7.01. The fourth-order valence-corrected chi connectivity index (χ4v) is 1.84. The summed E-state index contributed by atoms with van der Waals surface area (Å²) in [6.45, 7) is 0.432. The van der Waals surface area contributed by atoms with Gasteiger partial charge in [0.05, 0.1) is 28.5 Å². The quantitative estimate of drug-likeness (QED) is 0.933. The number of nitrogens with zero attached hydrogens (tertiary/aromatic N) is 2. The molecule has 0 aliphatic rings. The average molecular weight is 290 g/mol. The van der Waals surface area contributed by atoms with E-state index in [-0.39, 0.29) is 5.02 Å². The van der Waals surface area contributed by atoms with Gasteiger partial charge in [-0.05, 0) is 24.3 Å². The molecule has 2 aromatic rings. The zero-order valence-electron chi connectivity index (χ0n) is 10.0. The van der Waals surface area contributed by atoms with Crippen LogP contribution in [-0.4, -0.2) is 9.78 Å². The maximum absolute atomic E-state index is 12.5. The number of hydrogen-bond acceptors (Lipinski definition) is 2. The van der Waals surface area contributed by atoms with Crippen molar-refractivity contribution < 1.29 is 13.2 Å². The lowest BCUT2D eigenvalue weighted by Crippen LogP contribution is -2.07. The van der Waals surface area contributed by atoms with Gasteiger partial charge in [-0.25, -0.2) is 0 Å². The van der Waals surface area contributed by atoms with Gasteiger partial charge in [0.1, 0.15) is 0 Å². The summed E-state index contributed by atoms with van der Waals surface area (Å²) in [4.78, 5) is 0. The molecule has 0 aliphatic heterocycles. The van der Waals surface area contributed by atoms with Gasteiger partial charge in [-0.3, -0.25) is 4.68 Å². The third-order valence-corrected chi connectivity index (χ3v) is 2.99. The molecule has 19 heavy (non-hydrogen) atoms. The van der Waals surface area contributed by atoms with Crippen molar-refractivity contribution in [3.8, 4) is 0 Å². The second-order valence-corrected chi connectivity index (χ2v) is 4.40. The molecule has 1 aromatic heterocycles. The molecule has 2 rings (SSSR count). The topological polar surface area (TPSA) is 29.9 Å². The molecule has 0 radical (unpaired) electrons. The Labute approximate surface area is 113 Å². The van der Waals surface area contributed by atoms with Crippen molar-refractivity contribution in [2.24, 2.45) is 7.05 Å². The van der Waals surface area contributed by atoms with Crippen LogP contribution in [0.1, 0.15) is 11.3 Å². The second kappa shape index (κ2) is 5.13. The summed E-state index contributed by atoms with van der Waals surface area (Å²) >= 11 is 5.83. The Morgan fingerprint density at radius 1 is 1.32 bits per heavy atom. The number of benzene rings is 1. The fraction of sp³-hybridized carbons (Fsp3) is 0.250. The van der Waals surface area contributed by atoms with Crippen LogP contribution in [0.15, 0.2) is 30.5 Å². The molecule has 0 saturated carbocycles. The van der Waals surface area contributed by atoms with Crippen molar-refractivity contribution >= 4 is 17.3 Å². The van der Waals surface area contributed by atoms with Crippen LogP contribution >= 0.6 is 11.6 Å². The van der Waals surface area contributed by atoms with Gasteiger partial charge in [-0.2, -0.15) is 18.3 Å². The Bertz CT molecular complexity index is 578. The summed E-state index contributed by atoms with van der Waals surface area (Å²) in [5.41, 5.74) is 0.593. The van der Waals surface area contributed by atoms with E-state index in [1.165, 1.54) is 6.07 Å². The van der Waals surface area contributed by atoms with E-state index in [9.17, 15) is 13.2 Å². The van der Waals surface area contributed by atoms with Gasteiger partial charge < -0.3 is 5.32 Å². The van der Waals surface area contributed by atoms with Crippen LogP contribution in [0.3, 0.4) is 0 Å². The van der Waals surface area contributed by atoms with Crippen molar-refractivity contribution in [3.63, 3.8) is 0 Å². The van der Waals surface area contributed by atoms with Gasteiger partial charge in [-0.1, -0.05) is 11.6 Å². The molecule has 0 saturated heterocycles. The van der Waals surface area contributed by atoms with Crippen LogP contribution in [0.5, 0.6) is 0 Å². The van der Waals surface area contributed by atoms with Crippen molar-refractivity contribution in [1.82, 2.24) is 9.78 Å². The number of aromatic nitrogens is 2. The molecule has 0 unspecified atom stereocenters. The van der Waals surface area contributed by atoms with E-state index in [0.717, 1.165) is 17.8 Å². The first kappa shape index (κ1) is 13.7. The lowest BCUT2D eigenvalue weighted by Gasteiger charge is -2.11. The van der Waals surface area contributed by atoms with Gasteiger partial charge in [0.25, 0.3) is 0 Å². The molecule has 0 aliphatic carbocycles. The Morgan fingerprint density at radius 3 is 2.58 bits per heavy atom. The summed E-state index contributed by atoms with van der Waals surface area (Å²) in [6, 6.07) is 5.04. The predicted molar refractivity (Wildman–Crippen MR) is 67.0 cm³/mol. The third-order valence-electron chi connectivity index (χ3n) is 2.68. The Balaban J connectivity index is 2.12. The molecule has 0 spiro atoms. The van der Waals surface area contributed by atoms with Gasteiger partial charge in [0.2, 0.25) is 0 Å². The number of anilines is 1. The number of hydrogen-bond donors (Lipinski definition) is 1. The summed E-state index contributed by atoms with van der Waals surface area (Å²) in [5.74, 6) is 0. The number of nitrogens with one attached hydrogen (secondary N) is 1. The van der Waals surface area contributed by atoms with Gasteiger partial charge in [0, 0.05) is 13.2 Å². The molecule has 1 aromatic carbocycles. The van der Waals surface area contributed by atoms with Gasteiger partial charge in [-0.15, -0.1) is 0 Å². The van der Waals surface area contributed by atoms with Crippen LogP contribution in [0.25, 0.3) is 0 Å². The zero-order chi connectivity index (χ0) is 14.0. The molecular weight excluding hydrogens is 279 g/mol. The highest BCUT2D eigenvalue weighted by Gasteiger charge is 2.30. The van der Waals surface area contributed by atoms with E-state index in [1.807, 2.05) is 6.07 Å². The molecule has 7 heteroatoms. The van der Waals surface area contributed by atoms with E-state index >= 15 is 0 Å². The number of halogens is 4. The molecule has 0 fully saturated rings. The molecule has 102 valence electrons. The highest BCUT2D eigenvalue weighted by atomic mass is 35.5. The fourth-order valence-electron chi connectivity index (χ4n) is 1.60. The van der Waals surface area contributed by atoms with Crippen molar-refractivity contribution in [3.05, 3.63) is 46.7 Å². The number of rotatable bonds is 3. The average Bonchev–Trinajstić information content (AvgIpc) is 2.72. The van der Waals surface area contributed by atoms with Crippen LogP contribution < -0.4 is 5.32 Å². The van der Waals surface area contributed by atoms with Crippen molar-refractivity contribution in [2.75, 3.05) is 5.32 Å². The molecule has 3 nitrogen and oxygen atoms in total. The Morgan fingerprint density at radius 2 is 2.05 bits per heavy atom. The minimum atomic E-state index is -4.38. The lowest BCUT2D eigenvalue weighted by atomic mass is 10.2. The maximum Gasteiger partial charge on any atom is 0.416 e. The number of aryl methyl sites for hydroxylation is 1. The third kappa shape index (κ3) is 3.20. The Hall–Kier alpha value is -1.69. The van der Waals surface area contributed by atoms with Crippen LogP contribution in [0.2, 0.25) is 5.02 Å². The summed E-state index contributed by atoms with van der Waals surface area (Å²) in [7, 11) is 1.78. The highest BCUT2D eigenvalue weighted by molar-refractivity contribution is 6.33. The summed E-state index contributed by atoms with van der Waals surface area (Å²) < 4.78 is 39.1. The standard InChI is InChI=1S/C12H11ClF3N3/c1-19-9(4-5-18-19)7-17-11-3-2-8(6-10(11)13)12(14,15)16/h2-6,17H,7H2,1H3. The highest BCUT2D eigenvalue weighted by Crippen LogP contribution is 2.33. The molecular formula is C12H11ClF3N3. The second-order valence-electron chi connectivity index (χ2n) is 3.99. The van der Waals surface area contributed by atoms with Crippen molar-refractivity contribution in [1.29, 1.82) is 0 Å². The minimum absolute atomic E-state index is 0.0389. The SMILES string of the molecule is Cn1nccc1CNc1ccc(C(F)(F)F)cc1Cl. The monoisotopic (exact) mass is 289 g/mol. The maximum atomic E-state index is 12.5. The van der Waals surface area contributed by atoms with E-state index in [2.05, 4.69) is 10.4 Å². The largest absolute Gasteiger partial charge is 0.416 e. The number of alkyl halides is 3. The first-order valence-corrected chi connectivity index (χ1v) is 5.83. The first-order valence-electron chi connectivity index (χ1n) is 5.45. The summed E-state index contributed by atoms with van der Waals surface area (Å²) in [6.07, 6.45) is -2.74. The molecule has 1 N–H and O–H groups in total. The van der Waals surface area contributed by atoms with E-state index < -0.39 is 11.7 Å². The smallest absolute Gasteiger partial charge is 0.378 e. The van der Waals surface area contributed by atoms with Crippen LogP contribution in [0, 0.1) is 0 Å². The van der Waals surface area contributed by atoms with Gasteiger partial charge in [0.15, 0.2) is 0 Å². The molecule has 0 bridgehead atoms. The van der Waals surface area contributed by atoms with E-state index in [0.29, 0.717) is 12.2 Å². The van der Waals surface area contributed by atoms with E-state index in [4.69, 9.17) is 11.6 Å². The molecule has 0 amide bonds.